The third-order valence-corrected chi connectivity index (χ3v) is 7.77. The van der Waals surface area contributed by atoms with E-state index in [2.05, 4.69) is 73.3 Å². The number of nitrogens with zero attached hydrogens (tertiary/aromatic N) is 3. The van der Waals surface area contributed by atoms with Crippen molar-refractivity contribution in [1.29, 1.82) is 0 Å². The Morgan fingerprint density at radius 1 is 0.973 bits per heavy atom. The van der Waals surface area contributed by atoms with Crippen molar-refractivity contribution in [1.82, 2.24) is 9.91 Å². The number of hydrogen-bond acceptors (Lipinski definition) is 4. The fourth-order valence-electron chi connectivity index (χ4n) is 5.71. The molecule has 2 aliphatic heterocycles. The van der Waals surface area contributed by atoms with Crippen LogP contribution in [0.4, 0.5) is 0 Å². The summed E-state index contributed by atoms with van der Waals surface area (Å²) >= 11 is 0. The maximum Gasteiger partial charge on any atom is 0.257 e. The molecule has 0 radical (unpaired) electrons. The number of methoxy groups -OCH3 is 1. The van der Waals surface area contributed by atoms with Gasteiger partial charge in [-0.1, -0.05) is 66.2 Å². The van der Waals surface area contributed by atoms with Crippen LogP contribution in [-0.2, 0) is 11.2 Å². The zero-order chi connectivity index (χ0) is 25.8. The second-order valence-corrected chi connectivity index (χ2v) is 10.5. The van der Waals surface area contributed by atoms with Crippen LogP contribution in [0.5, 0.6) is 5.75 Å². The van der Waals surface area contributed by atoms with Crippen molar-refractivity contribution in [2.45, 2.75) is 45.6 Å². The van der Waals surface area contributed by atoms with Crippen LogP contribution in [0.2, 0.25) is 0 Å². The van der Waals surface area contributed by atoms with Crippen molar-refractivity contribution in [3.8, 4) is 5.75 Å². The number of piperidine rings is 1. The van der Waals surface area contributed by atoms with Crippen molar-refractivity contribution in [3.63, 3.8) is 0 Å². The number of amides is 1. The molecule has 3 aromatic carbocycles. The molecule has 1 atom stereocenters. The van der Waals surface area contributed by atoms with Crippen LogP contribution in [0.25, 0.3) is 0 Å². The minimum atomic E-state index is -0.131. The summed E-state index contributed by atoms with van der Waals surface area (Å²) in [7, 11) is 1.68. The maximum atomic E-state index is 13.7. The first kappa shape index (κ1) is 25.2. The molecule has 1 saturated heterocycles. The summed E-state index contributed by atoms with van der Waals surface area (Å²) in [6, 6.07) is 25.1. The molecule has 0 bridgehead atoms. The molecule has 0 spiro atoms. The minimum absolute atomic E-state index is 0.0640. The lowest BCUT2D eigenvalue weighted by molar-refractivity contribution is -0.134. The lowest BCUT2D eigenvalue weighted by atomic mass is 9.90. The molecule has 0 saturated carbocycles. The Hall–Kier alpha value is -3.44. The fraction of sp³-hybridized carbons (Fsp3) is 0.375. The first-order chi connectivity index (χ1) is 18.0. The molecule has 2 aliphatic rings. The summed E-state index contributed by atoms with van der Waals surface area (Å²) < 4.78 is 5.48. The molecule has 3 aromatic rings. The van der Waals surface area contributed by atoms with E-state index in [1.54, 1.807) is 12.1 Å². The normalized spacial score (nSPS) is 18.6. The van der Waals surface area contributed by atoms with E-state index < -0.39 is 0 Å². The van der Waals surface area contributed by atoms with E-state index in [-0.39, 0.29) is 11.9 Å². The molecular formula is C32H37N3O2. The summed E-state index contributed by atoms with van der Waals surface area (Å²) in [4.78, 5) is 16.0. The first-order valence-corrected chi connectivity index (χ1v) is 13.4. The summed E-state index contributed by atoms with van der Waals surface area (Å²) in [6.45, 7) is 6.53. The third kappa shape index (κ3) is 5.94. The lowest BCUT2D eigenvalue weighted by Crippen LogP contribution is -2.42. The van der Waals surface area contributed by atoms with Crippen LogP contribution in [0, 0.1) is 19.8 Å². The number of hydrogen-bond donors (Lipinski definition) is 0. The van der Waals surface area contributed by atoms with Crippen molar-refractivity contribution in [3.05, 3.63) is 101 Å². The molecule has 37 heavy (non-hydrogen) atoms. The predicted octanol–water partition coefficient (Wildman–Crippen LogP) is 5.94. The predicted molar refractivity (Wildman–Crippen MR) is 149 cm³/mol. The summed E-state index contributed by atoms with van der Waals surface area (Å²) in [6.07, 6.45) is 4.06. The van der Waals surface area contributed by atoms with Gasteiger partial charge in [-0.15, -0.1) is 0 Å². The van der Waals surface area contributed by atoms with Gasteiger partial charge >= 0.3 is 0 Å². The van der Waals surface area contributed by atoms with E-state index in [1.807, 2.05) is 18.2 Å². The fourth-order valence-corrected chi connectivity index (χ4v) is 5.71. The van der Waals surface area contributed by atoms with Crippen molar-refractivity contribution >= 4 is 11.6 Å². The van der Waals surface area contributed by atoms with Gasteiger partial charge in [0.05, 0.1) is 25.4 Å². The van der Waals surface area contributed by atoms with Gasteiger partial charge in [0.25, 0.3) is 5.91 Å². The van der Waals surface area contributed by atoms with Gasteiger partial charge in [0.1, 0.15) is 5.75 Å². The number of carbonyl (C=O) groups excluding carboxylic acids is 1. The minimum Gasteiger partial charge on any atom is -0.497 e. The molecular weight excluding hydrogens is 458 g/mol. The van der Waals surface area contributed by atoms with Gasteiger partial charge < -0.3 is 4.74 Å². The number of benzene rings is 3. The molecule has 1 fully saturated rings. The van der Waals surface area contributed by atoms with E-state index in [0.717, 1.165) is 54.9 Å². The molecule has 1 amide bonds. The summed E-state index contributed by atoms with van der Waals surface area (Å²) in [5, 5.41) is 6.67. The van der Waals surface area contributed by atoms with E-state index in [4.69, 9.17) is 9.84 Å². The number of rotatable bonds is 7. The SMILES string of the molecule is COc1cccc([C@H]2CC(c3ccc(C)cc3C)=NN2C(=O)CN2CCC(Cc3ccccc3)CC2)c1. The molecule has 0 aliphatic carbocycles. The highest BCUT2D eigenvalue weighted by Gasteiger charge is 2.35. The van der Waals surface area contributed by atoms with E-state index in [0.29, 0.717) is 18.9 Å². The Balaban J connectivity index is 1.30. The number of aryl methyl sites for hydroxylation is 2. The van der Waals surface area contributed by atoms with Crippen LogP contribution in [0.15, 0.2) is 77.9 Å². The Labute approximate surface area is 220 Å². The maximum absolute atomic E-state index is 13.7. The van der Waals surface area contributed by atoms with Gasteiger partial charge in [0.2, 0.25) is 0 Å². The molecule has 0 aromatic heterocycles. The zero-order valence-electron chi connectivity index (χ0n) is 22.2. The molecule has 0 unspecified atom stereocenters. The second-order valence-electron chi connectivity index (χ2n) is 10.5. The highest BCUT2D eigenvalue weighted by Crippen LogP contribution is 2.35. The highest BCUT2D eigenvalue weighted by atomic mass is 16.5. The number of likely N-dealkylation sites (tertiary alicyclic amines) is 1. The van der Waals surface area contributed by atoms with Crippen LogP contribution in [-0.4, -0.2) is 48.3 Å². The van der Waals surface area contributed by atoms with Crippen LogP contribution in [0.1, 0.15) is 53.1 Å². The van der Waals surface area contributed by atoms with E-state index in [1.165, 1.54) is 16.7 Å². The molecule has 5 nitrogen and oxygen atoms in total. The largest absolute Gasteiger partial charge is 0.497 e. The standard InChI is InChI=1S/C32H37N3O2/c1-23-12-13-29(24(2)18-23)30-21-31(27-10-7-11-28(20-27)37-3)35(33-30)32(36)22-34-16-14-26(15-17-34)19-25-8-5-4-6-9-25/h4-13,18,20,26,31H,14-17,19,21-22H2,1-3H3/t31-/m1/s1. The Morgan fingerprint density at radius 2 is 1.76 bits per heavy atom. The van der Waals surface area contributed by atoms with Gasteiger partial charge in [-0.2, -0.15) is 5.10 Å². The summed E-state index contributed by atoms with van der Waals surface area (Å²) in [5.41, 5.74) is 6.97. The first-order valence-electron chi connectivity index (χ1n) is 13.4. The Kier molecular flexibility index (Phi) is 7.71. The Morgan fingerprint density at radius 3 is 2.49 bits per heavy atom. The van der Waals surface area contributed by atoms with E-state index >= 15 is 0 Å². The average Bonchev–Trinajstić information content (AvgIpc) is 3.36. The van der Waals surface area contributed by atoms with Gasteiger partial charge in [-0.05, 0) is 80.9 Å². The molecule has 0 N–H and O–H groups in total. The third-order valence-electron chi connectivity index (χ3n) is 7.77. The van der Waals surface area contributed by atoms with Gasteiger partial charge in [0, 0.05) is 12.0 Å². The van der Waals surface area contributed by atoms with Crippen molar-refractivity contribution in [2.75, 3.05) is 26.7 Å². The van der Waals surface area contributed by atoms with Gasteiger partial charge in [-0.3, -0.25) is 9.69 Å². The second kappa shape index (κ2) is 11.3. The molecule has 192 valence electrons. The lowest BCUT2D eigenvalue weighted by Gasteiger charge is -2.33. The number of carbonyl (C=O) groups is 1. The molecule has 5 rings (SSSR count). The zero-order valence-corrected chi connectivity index (χ0v) is 22.2. The number of ether oxygens (including phenoxy) is 1. The topological polar surface area (TPSA) is 45.1 Å². The monoisotopic (exact) mass is 495 g/mol. The average molecular weight is 496 g/mol. The van der Waals surface area contributed by atoms with Gasteiger partial charge in [0.15, 0.2) is 0 Å². The molecule has 2 heterocycles. The van der Waals surface area contributed by atoms with Crippen LogP contribution in [0.3, 0.4) is 0 Å². The quantitative estimate of drug-likeness (QED) is 0.407. The molecule has 5 heteroatoms. The number of hydrazone groups is 1. The smallest absolute Gasteiger partial charge is 0.257 e. The van der Waals surface area contributed by atoms with Crippen molar-refractivity contribution < 1.29 is 9.53 Å². The highest BCUT2D eigenvalue weighted by molar-refractivity contribution is 6.04. The Bertz CT molecular complexity index is 1260. The van der Waals surface area contributed by atoms with E-state index in [9.17, 15) is 4.79 Å². The summed E-state index contributed by atoms with van der Waals surface area (Å²) in [5.74, 6) is 1.54. The van der Waals surface area contributed by atoms with Crippen molar-refractivity contribution in [2.24, 2.45) is 11.0 Å². The van der Waals surface area contributed by atoms with Crippen LogP contribution < -0.4 is 4.74 Å². The van der Waals surface area contributed by atoms with Gasteiger partial charge in [-0.25, -0.2) is 5.01 Å². The van der Waals surface area contributed by atoms with Crippen LogP contribution >= 0.6 is 0 Å².